The van der Waals surface area contributed by atoms with Crippen molar-refractivity contribution in [1.82, 2.24) is 4.98 Å². The number of amides is 2. The fraction of sp³-hybridized carbons (Fsp3) is 0.190. The van der Waals surface area contributed by atoms with E-state index >= 15 is 0 Å². The number of nitrogens with one attached hydrogen (secondary N) is 1. The zero-order chi connectivity index (χ0) is 19.7. The summed E-state index contributed by atoms with van der Waals surface area (Å²) in [5.74, 6) is -1.01. The summed E-state index contributed by atoms with van der Waals surface area (Å²) in [5, 5.41) is 5.07. The van der Waals surface area contributed by atoms with Gasteiger partial charge in [-0.25, -0.2) is 9.37 Å². The lowest BCUT2D eigenvalue weighted by atomic mass is 10.1. The molecule has 5 nitrogen and oxygen atoms in total. The highest BCUT2D eigenvalue weighted by Crippen LogP contribution is 2.28. The van der Waals surface area contributed by atoms with Crippen molar-refractivity contribution in [2.45, 2.75) is 13.3 Å². The number of anilines is 2. The number of hydrogen-bond donors (Lipinski definition) is 1. The quantitative estimate of drug-likeness (QED) is 0.718. The van der Waals surface area contributed by atoms with Gasteiger partial charge in [-0.05, 0) is 43.3 Å². The molecule has 4 rings (SSSR count). The molecule has 7 heteroatoms. The number of carbonyl (C=O) groups excluding carboxylic acids is 2. The van der Waals surface area contributed by atoms with Crippen LogP contribution >= 0.6 is 11.3 Å². The number of aryl methyl sites for hydroxylation is 1. The molecule has 1 aromatic heterocycles. The van der Waals surface area contributed by atoms with Gasteiger partial charge >= 0.3 is 0 Å². The Balaban J connectivity index is 1.42. The molecule has 0 aliphatic carbocycles. The van der Waals surface area contributed by atoms with Crippen molar-refractivity contribution < 1.29 is 14.0 Å². The summed E-state index contributed by atoms with van der Waals surface area (Å²) in [4.78, 5) is 31.0. The Morgan fingerprint density at radius 1 is 1.18 bits per heavy atom. The normalized spacial score (nSPS) is 16.4. The molecule has 2 aromatic carbocycles. The van der Waals surface area contributed by atoms with Crippen LogP contribution in [-0.4, -0.2) is 23.3 Å². The molecule has 28 heavy (non-hydrogen) atoms. The summed E-state index contributed by atoms with van der Waals surface area (Å²) in [5.41, 5.74) is 3.37. The van der Waals surface area contributed by atoms with Crippen molar-refractivity contribution in [3.05, 3.63) is 65.3 Å². The van der Waals surface area contributed by atoms with Crippen LogP contribution in [-0.2, 0) is 9.59 Å². The van der Waals surface area contributed by atoms with E-state index < -0.39 is 5.92 Å². The minimum atomic E-state index is -0.424. The molecule has 1 fully saturated rings. The Morgan fingerprint density at radius 2 is 1.89 bits per heavy atom. The van der Waals surface area contributed by atoms with Gasteiger partial charge in [0.05, 0.1) is 11.6 Å². The van der Waals surface area contributed by atoms with Crippen LogP contribution in [0.25, 0.3) is 11.3 Å². The Kier molecular flexibility index (Phi) is 4.92. The first kappa shape index (κ1) is 18.3. The first-order valence-electron chi connectivity index (χ1n) is 8.89. The Hall–Kier alpha value is -3.06. The molecule has 1 N–H and O–H groups in total. The second-order valence-corrected chi connectivity index (χ2v) is 7.63. The van der Waals surface area contributed by atoms with Gasteiger partial charge in [-0.3, -0.25) is 9.59 Å². The van der Waals surface area contributed by atoms with Crippen molar-refractivity contribution in [3.63, 3.8) is 0 Å². The molecule has 142 valence electrons. The predicted molar refractivity (Wildman–Crippen MR) is 108 cm³/mol. The van der Waals surface area contributed by atoms with Crippen molar-refractivity contribution in [2.75, 3.05) is 16.8 Å². The summed E-state index contributed by atoms with van der Waals surface area (Å²) in [6, 6.07) is 13.7. The van der Waals surface area contributed by atoms with Gasteiger partial charge in [0, 0.05) is 29.6 Å². The van der Waals surface area contributed by atoms with E-state index in [0.717, 1.165) is 16.8 Å². The highest BCUT2D eigenvalue weighted by molar-refractivity contribution is 7.14. The number of benzene rings is 2. The standard InChI is InChI=1S/C21H18FN3O2S/c1-13-2-8-17(9-3-13)25-11-15(10-19(25)26)20(27)24-21-23-18(12-28-21)14-4-6-16(22)7-5-14/h2-9,12,15H,10-11H2,1H3,(H,23,24,27)/t15-/m0/s1. The average Bonchev–Trinajstić information content (AvgIpc) is 3.30. The van der Waals surface area contributed by atoms with E-state index in [2.05, 4.69) is 10.3 Å². The first-order chi connectivity index (χ1) is 13.5. The van der Waals surface area contributed by atoms with Gasteiger partial charge in [-0.2, -0.15) is 0 Å². The maximum absolute atomic E-state index is 13.1. The van der Waals surface area contributed by atoms with Gasteiger partial charge in [0.25, 0.3) is 0 Å². The maximum atomic E-state index is 13.1. The van der Waals surface area contributed by atoms with Gasteiger partial charge in [-0.1, -0.05) is 17.7 Å². The van der Waals surface area contributed by atoms with Gasteiger partial charge in [-0.15, -0.1) is 11.3 Å². The number of halogens is 1. The van der Waals surface area contributed by atoms with Crippen molar-refractivity contribution >= 4 is 34.0 Å². The van der Waals surface area contributed by atoms with E-state index in [1.807, 2.05) is 31.2 Å². The fourth-order valence-corrected chi connectivity index (χ4v) is 3.87. The monoisotopic (exact) mass is 395 g/mol. The smallest absolute Gasteiger partial charge is 0.231 e. The molecule has 1 saturated heterocycles. The average molecular weight is 395 g/mol. The van der Waals surface area contributed by atoms with E-state index in [0.29, 0.717) is 17.4 Å². The number of rotatable bonds is 4. The van der Waals surface area contributed by atoms with E-state index in [4.69, 9.17) is 0 Å². The minimum Gasteiger partial charge on any atom is -0.312 e. The second-order valence-electron chi connectivity index (χ2n) is 6.77. The molecule has 2 heterocycles. The van der Waals surface area contributed by atoms with Gasteiger partial charge in [0.15, 0.2) is 5.13 Å². The maximum Gasteiger partial charge on any atom is 0.231 e. The van der Waals surface area contributed by atoms with Crippen molar-refractivity contribution in [3.8, 4) is 11.3 Å². The van der Waals surface area contributed by atoms with Crippen LogP contribution in [0.15, 0.2) is 53.9 Å². The van der Waals surface area contributed by atoms with E-state index in [1.165, 1.54) is 23.5 Å². The lowest BCUT2D eigenvalue weighted by Gasteiger charge is -2.16. The third-order valence-corrected chi connectivity index (χ3v) is 5.47. The summed E-state index contributed by atoms with van der Waals surface area (Å²) in [6.07, 6.45) is 0.176. The zero-order valence-electron chi connectivity index (χ0n) is 15.2. The number of thiazole rings is 1. The number of carbonyl (C=O) groups is 2. The summed E-state index contributed by atoms with van der Waals surface area (Å²) >= 11 is 1.30. The lowest BCUT2D eigenvalue weighted by Crippen LogP contribution is -2.28. The highest BCUT2D eigenvalue weighted by Gasteiger charge is 2.35. The van der Waals surface area contributed by atoms with E-state index in [9.17, 15) is 14.0 Å². The van der Waals surface area contributed by atoms with Crippen LogP contribution in [0.5, 0.6) is 0 Å². The molecule has 0 spiro atoms. The highest BCUT2D eigenvalue weighted by atomic mass is 32.1. The molecular weight excluding hydrogens is 377 g/mol. The molecule has 0 bridgehead atoms. The molecule has 1 atom stereocenters. The van der Waals surface area contributed by atoms with Crippen LogP contribution in [0.1, 0.15) is 12.0 Å². The number of nitrogens with zero attached hydrogens (tertiary/aromatic N) is 2. The Labute approximate surface area is 165 Å². The second kappa shape index (κ2) is 7.52. The largest absolute Gasteiger partial charge is 0.312 e. The minimum absolute atomic E-state index is 0.0601. The third-order valence-electron chi connectivity index (χ3n) is 4.72. The Bertz CT molecular complexity index is 1010. The number of hydrogen-bond acceptors (Lipinski definition) is 4. The van der Waals surface area contributed by atoms with Crippen LogP contribution in [0.4, 0.5) is 15.2 Å². The molecule has 1 aliphatic rings. The first-order valence-corrected chi connectivity index (χ1v) is 9.77. The Morgan fingerprint density at radius 3 is 2.61 bits per heavy atom. The van der Waals surface area contributed by atoms with Crippen LogP contribution in [0.2, 0.25) is 0 Å². The van der Waals surface area contributed by atoms with Crippen LogP contribution in [0.3, 0.4) is 0 Å². The third kappa shape index (κ3) is 3.80. The lowest BCUT2D eigenvalue weighted by molar-refractivity contribution is -0.122. The van der Waals surface area contributed by atoms with Crippen LogP contribution < -0.4 is 10.2 Å². The predicted octanol–water partition coefficient (Wildman–Crippen LogP) is 4.25. The summed E-state index contributed by atoms with van der Waals surface area (Å²) in [6.45, 7) is 2.34. The van der Waals surface area contributed by atoms with Gasteiger partial charge in [0.1, 0.15) is 5.82 Å². The zero-order valence-corrected chi connectivity index (χ0v) is 16.0. The molecule has 0 radical (unpaired) electrons. The van der Waals surface area contributed by atoms with Gasteiger partial charge in [0.2, 0.25) is 11.8 Å². The van der Waals surface area contributed by atoms with E-state index in [-0.39, 0.29) is 24.1 Å². The molecule has 0 saturated carbocycles. The fourth-order valence-electron chi connectivity index (χ4n) is 3.15. The van der Waals surface area contributed by atoms with Crippen molar-refractivity contribution in [1.29, 1.82) is 0 Å². The van der Waals surface area contributed by atoms with Crippen LogP contribution in [0, 0.1) is 18.7 Å². The summed E-state index contributed by atoms with van der Waals surface area (Å²) in [7, 11) is 0. The SMILES string of the molecule is Cc1ccc(N2C[C@@H](C(=O)Nc3nc(-c4ccc(F)cc4)cs3)CC2=O)cc1. The molecule has 3 aromatic rings. The molecular formula is C21H18FN3O2S. The van der Waals surface area contributed by atoms with E-state index in [1.54, 1.807) is 22.4 Å². The summed E-state index contributed by atoms with van der Waals surface area (Å²) < 4.78 is 13.1. The topological polar surface area (TPSA) is 62.3 Å². The molecule has 2 amide bonds. The van der Waals surface area contributed by atoms with Crippen molar-refractivity contribution in [2.24, 2.45) is 5.92 Å². The molecule has 0 unspecified atom stereocenters. The number of aromatic nitrogens is 1. The molecule has 1 aliphatic heterocycles. The van der Waals surface area contributed by atoms with Gasteiger partial charge < -0.3 is 10.2 Å².